The number of urea groups is 1. The van der Waals surface area contributed by atoms with Gasteiger partial charge < -0.3 is 5.73 Å². The van der Waals surface area contributed by atoms with Gasteiger partial charge >= 0.3 is 6.03 Å². The lowest BCUT2D eigenvalue weighted by Gasteiger charge is -2.21. The molecule has 0 saturated carbocycles. The molecule has 2 amide bonds. The Balaban J connectivity index is 2.59. The molecule has 0 spiro atoms. The fraction of sp³-hybridized carbons (Fsp3) is 0. The number of halogens is 2. The van der Waals surface area contributed by atoms with Crippen molar-refractivity contribution in [2.45, 2.75) is 0 Å². The van der Waals surface area contributed by atoms with Crippen LogP contribution >= 0.6 is 0 Å². The lowest BCUT2D eigenvalue weighted by atomic mass is 10.2. The maximum atomic E-state index is 13.8. The molecule has 0 atom stereocenters. The summed E-state index contributed by atoms with van der Waals surface area (Å²) in [6.45, 7) is 0. The van der Waals surface area contributed by atoms with Gasteiger partial charge in [-0.3, -0.25) is 15.0 Å². The highest BCUT2D eigenvalue weighted by molar-refractivity contribution is 5.98. The Labute approximate surface area is 117 Å². The number of amides is 2. The van der Waals surface area contributed by atoms with Crippen LogP contribution in [0, 0.1) is 21.7 Å². The van der Waals surface area contributed by atoms with Crippen LogP contribution in [0.2, 0.25) is 0 Å². The summed E-state index contributed by atoms with van der Waals surface area (Å²) >= 11 is 0. The quantitative estimate of drug-likeness (QED) is 0.696. The first kappa shape index (κ1) is 14.4. The molecule has 2 aromatic rings. The van der Waals surface area contributed by atoms with Gasteiger partial charge in [0.25, 0.3) is 5.69 Å². The molecule has 0 fully saturated rings. The maximum absolute atomic E-state index is 13.8. The summed E-state index contributed by atoms with van der Waals surface area (Å²) in [7, 11) is 0. The zero-order chi connectivity index (χ0) is 15.6. The van der Waals surface area contributed by atoms with Crippen LogP contribution in [0.4, 0.5) is 30.6 Å². The minimum atomic E-state index is -1.28. The molecule has 0 bridgehead atoms. The number of primary amides is 1. The zero-order valence-corrected chi connectivity index (χ0v) is 10.5. The van der Waals surface area contributed by atoms with Gasteiger partial charge in [-0.05, 0) is 18.2 Å². The summed E-state index contributed by atoms with van der Waals surface area (Å²) in [6.07, 6.45) is 0. The van der Waals surface area contributed by atoms with Crippen LogP contribution in [-0.2, 0) is 0 Å². The van der Waals surface area contributed by atoms with E-state index in [1.54, 1.807) is 0 Å². The van der Waals surface area contributed by atoms with Crippen LogP contribution in [0.15, 0.2) is 42.5 Å². The van der Waals surface area contributed by atoms with Gasteiger partial charge in [0.2, 0.25) is 0 Å². The van der Waals surface area contributed by atoms with E-state index in [0.717, 1.165) is 18.2 Å². The molecule has 6 nitrogen and oxygen atoms in total. The summed E-state index contributed by atoms with van der Waals surface area (Å²) in [4.78, 5) is 22.3. The zero-order valence-electron chi connectivity index (χ0n) is 10.5. The molecule has 0 unspecified atom stereocenters. The topological polar surface area (TPSA) is 89.5 Å². The lowest BCUT2D eigenvalue weighted by molar-refractivity contribution is -0.384. The molecule has 2 N–H and O–H groups in total. The molecule has 108 valence electrons. The van der Waals surface area contributed by atoms with Crippen LogP contribution in [-0.4, -0.2) is 11.0 Å². The number of rotatable bonds is 3. The average molecular weight is 293 g/mol. The first-order chi connectivity index (χ1) is 9.91. The van der Waals surface area contributed by atoms with Crippen molar-refractivity contribution < 1.29 is 18.5 Å². The summed E-state index contributed by atoms with van der Waals surface area (Å²) in [5, 5.41) is 10.7. The van der Waals surface area contributed by atoms with E-state index in [-0.39, 0.29) is 11.4 Å². The third-order valence-corrected chi connectivity index (χ3v) is 2.69. The Kier molecular flexibility index (Phi) is 3.79. The highest BCUT2D eigenvalue weighted by Gasteiger charge is 2.22. The average Bonchev–Trinajstić information content (AvgIpc) is 2.44. The fourth-order valence-electron chi connectivity index (χ4n) is 1.80. The van der Waals surface area contributed by atoms with Crippen molar-refractivity contribution in [1.29, 1.82) is 0 Å². The summed E-state index contributed by atoms with van der Waals surface area (Å²) in [5.41, 5.74) is 4.40. The molecule has 21 heavy (non-hydrogen) atoms. The molecule has 0 aliphatic rings. The van der Waals surface area contributed by atoms with Crippen LogP contribution in [0.5, 0.6) is 0 Å². The van der Waals surface area contributed by atoms with Gasteiger partial charge in [0, 0.05) is 12.1 Å². The molecular formula is C13H9F2N3O3. The second-order valence-electron chi connectivity index (χ2n) is 4.02. The predicted molar refractivity (Wildman–Crippen MR) is 71.2 cm³/mol. The number of anilines is 2. The normalized spacial score (nSPS) is 10.2. The number of nitro benzene ring substituents is 1. The fourth-order valence-corrected chi connectivity index (χ4v) is 1.80. The number of hydrogen-bond donors (Lipinski definition) is 1. The van der Waals surface area contributed by atoms with Crippen LogP contribution in [0.3, 0.4) is 0 Å². The lowest BCUT2D eigenvalue weighted by Crippen LogP contribution is -2.32. The maximum Gasteiger partial charge on any atom is 0.323 e. The van der Waals surface area contributed by atoms with E-state index in [4.69, 9.17) is 5.73 Å². The number of nitrogens with zero attached hydrogens (tertiary/aromatic N) is 2. The van der Waals surface area contributed by atoms with Crippen molar-refractivity contribution in [3.05, 3.63) is 64.2 Å². The molecule has 0 radical (unpaired) electrons. The molecule has 0 aromatic heterocycles. The monoisotopic (exact) mass is 293 g/mol. The third kappa shape index (κ3) is 2.78. The highest BCUT2D eigenvalue weighted by atomic mass is 19.2. The van der Waals surface area contributed by atoms with Gasteiger partial charge in [-0.25, -0.2) is 13.6 Å². The van der Waals surface area contributed by atoms with Crippen molar-refractivity contribution >= 4 is 23.1 Å². The molecule has 8 heteroatoms. The van der Waals surface area contributed by atoms with Crippen molar-refractivity contribution in [1.82, 2.24) is 0 Å². The molecule has 2 rings (SSSR count). The predicted octanol–water partition coefficient (Wildman–Crippen LogP) is 3.09. The molecular weight excluding hydrogens is 284 g/mol. The van der Waals surface area contributed by atoms with E-state index in [2.05, 4.69) is 0 Å². The number of benzene rings is 2. The smallest absolute Gasteiger partial charge is 0.323 e. The number of carbonyl (C=O) groups is 1. The van der Waals surface area contributed by atoms with Crippen molar-refractivity contribution in [3.63, 3.8) is 0 Å². The SMILES string of the molecule is NC(=O)N(c1cccc([N+](=O)[O-])c1)c1cccc(F)c1F. The highest BCUT2D eigenvalue weighted by Crippen LogP contribution is 2.30. The van der Waals surface area contributed by atoms with Gasteiger partial charge in [0.1, 0.15) is 0 Å². The van der Waals surface area contributed by atoms with Gasteiger partial charge in [0.15, 0.2) is 11.6 Å². The number of carbonyl (C=O) groups excluding carboxylic acids is 1. The first-order valence-electron chi connectivity index (χ1n) is 5.70. The van der Waals surface area contributed by atoms with E-state index < -0.39 is 28.3 Å². The number of hydrogen-bond acceptors (Lipinski definition) is 3. The first-order valence-corrected chi connectivity index (χ1v) is 5.70. The van der Waals surface area contributed by atoms with Gasteiger partial charge in [0.05, 0.1) is 16.3 Å². The second-order valence-corrected chi connectivity index (χ2v) is 4.02. The minimum absolute atomic E-state index is 0.0406. The second kappa shape index (κ2) is 5.53. The number of nitro groups is 1. The Bertz CT molecular complexity index is 722. The van der Waals surface area contributed by atoms with E-state index in [9.17, 15) is 23.7 Å². The van der Waals surface area contributed by atoms with E-state index in [1.165, 1.54) is 24.3 Å². The Hall–Kier alpha value is -3.03. The number of nitrogens with two attached hydrogens (primary N) is 1. The number of non-ortho nitro benzene ring substituents is 1. The van der Waals surface area contributed by atoms with E-state index in [0.29, 0.717) is 4.90 Å². The largest absolute Gasteiger partial charge is 0.351 e. The van der Waals surface area contributed by atoms with Crippen molar-refractivity contribution in [3.8, 4) is 0 Å². The molecule has 0 aliphatic carbocycles. The summed E-state index contributed by atoms with van der Waals surface area (Å²) < 4.78 is 27.1. The van der Waals surface area contributed by atoms with Crippen molar-refractivity contribution in [2.24, 2.45) is 5.73 Å². The van der Waals surface area contributed by atoms with Crippen molar-refractivity contribution in [2.75, 3.05) is 4.90 Å². The van der Waals surface area contributed by atoms with Gasteiger partial charge in [-0.1, -0.05) is 12.1 Å². The van der Waals surface area contributed by atoms with Crippen LogP contribution in [0.1, 0.15) is 0 Å². The molecule has 0 aliphatic heterocycles. The third-order valence-electron chi connectivity index (χ3n) is 2.69. The molecule has 0 saturated heterocycles. The molecule has 0 heterocycles. The van der Waals surface area contributed by atoms with Crippen LogP contribution in [0.25, 0.3) is 0 Å². The Morgan fingerprint density at radius 3 is 2.48 bits per heavy atom. The summed E-state index contributed by atoms with van der Waals surface area (Å²) in [6, 6.07) is 6.98. The van der Waals surface area contributed by atoms with E-state index in [1.807, 2.05) is 0 Å². The van der Waals surface area contributed by atoms with E-state index >= 15 is 0 Å². The minimum Gasteiger partial charge on any atom is -0.351 e. The Morgan fingerprint density at radius 2 is 1.86 bits per heavy atom. The van der Waals surface area contributed by atoms with Crippen LogP contribution < -0.4 is 10.6 Å². The standard InChI is InChI=1S/C13H9F2N3O3/c14-10-5-2-6-11(12(10)15)17(13(16)19)8-3-1-4-9(7-8)18(20)21/h1-7H,(H2,16,19). The van der Waals surface area contributed by atoms with Gasteiger partial charge in [-0.15, -0.1) is 0 Å². The molecule has 2 aromatic carbocycles. The Morgan fingerprint density at radius 1 is 1.19 bits per heavy atom. The summed E-state index contributed by atoms with van der Waals surface area (Å²) in [5.74, 6) is -2.44. The van der Waals surface area contributed by atoms with Gasteiger partial charge in [-0.2, -0.15) is 0 Å².